The molecule has 0 bridgehead atoms. The van der Waals surface area contributed by atoms with Crippen molar-refractivity contribution in [3.63, 3.8) is 0 Å². The second-order valence-electron chi connectivity index (χ2n) is 12.2. The predicted molar refractivity (Wildman–Crippen MR) is 182 cm³/mol. The average molecular weight is 655 g/mol. The molecule has 2 atom stereocenters. The maximum atomic E-state index is 13.5. The lowest BCUT2D eigenvalue weighted by atomic mass is 9.93. The lowest BCUT2D eigenvalue weighted by Crippen LogP contribution is -2.23. The third kappa shape index (κ3) is 7.70. The second-order valence-corrected chi connectivity index (χ2v) is 12.6. The number of alkyl halides is 1. The van der Waals surface area contributed by atoms with Crippen LogP contribution >= 0.6 is 11.6 Å². The molecule has 0 amide bonds. The highest BCUT2D eigenvalue weighted by molar-refractivity contribution is 6.32. The monoisotopic (exact) mass is 654 g/mol. The molecule has 1 aliphatic heterocycles. The topological polar surface area (TPSA) is 79.6 Å². The Morgan fingerprint density at radius 3 is 2.70 bits per heavy atom. The van der Waals surface area contributed by atoms with Crippen LogP contribution in [-0.4, -0.2) is 49.3 Å². The van der Waals surface area contributed by atoms with Gasteiger partial charge in [0.05, 0.1) is 17.2 Å². The normalized spacial score (nSPS) is 17.3. The Labute approximate surface area is 281 Å². The number of aromatic nitrogens is 1. The van der Waals surface area contributed by atoms with Crippen molar-refractivity contribution in [1.82, 2.24) is 15.2 Å². The molecule has 0 unspecified atom stereocenters. The van der Waals surface area contributed by atoms with E-state index in [9.17, 15) is 9.65 Å². The Hall–Kier alpha value is -4.16. The summed E-state index contributed by atoms with van der Waals surface area (Å²) in [5.74, 6) is 2.11. The van der Waals surface area contributed by atoms with Crippen LogP contribution in [0.4, 0.5) is 4.39 Å². The summed E-state index contributed by atoms with van der Waals surface area (Å²) in [4.78, 5) is 6.32. The minimum atomic E-state index is -0.692. The zero-order valence-electron chi connectivity index (χ0n) is 26.9. The van der Waals surface area contributed by atoms with Crippen molar-refractivity contribution >= 4 is 11.6 Å². The van der Waals surface area contributed by atoms with Crippen LogP contribution in [0.5, 0.6) is 17.2 Å². The van der Waals surface area contributed by atoms with Crippen molar-refractivity contribution in [3.8, 4) is 34.4 Å². The largest absolute Gasteiger partial charge is 0.493 e. The van der Waals surface area contributed by atoms with E-state index in [2.05, 4.69) is 58.5 Å². The first-order valence-corrected chi connectivity index (χ1v) is 16.6. The summed E-state index contributed by atoms with van der Waals surface area (Å²) in [6.45, 7) is 5.77. The molecule has 0 saturated carbocycles. The van der Waals surface area contributed by atoms with Crippen LogP contribution in [-0.2, 0) is 19.6 Å². The molecule has 4 aromatic rings. The molecule has 6 rings (SSSR count). The number of benzene rings is 3. The van der Waals surface area contributed by atoms with Gasteiger partial charge in [0.25, 0.3) is 0 Å². The summed E-state index contributed by atoms with van der Waals surface area (Å²) in [5, 5.41) is 12.9. The van der Waals surface area contributed by atoms with Crippen molar-refractivity contribution in [3.05, 3.63) is 105 Å². The first-order chi connectivity index (χ1) is 22.9. The minimum absolute atomic E-state index is 0.156. The number of nitrogens with one attached hydrogen (secondary N) is 1. The molecule has 1 N–H and O–H groups in total. The molecule has 47 heavy (non-hydrogen) atoms. The Morgan fingerprint density at radius 1 is 1.04 bits per heavy atom. The van der Waals surface area contributed by atoms with Crippen molar-refractivity contribution in [1.29, 1.82) is 5.26 Å². The molecule has 1 saturated heterocycles. The van der Waals surface area contributed by atoms with Crippen LogP contribution in [0, 0.1) is 18.3 Å². The van der Waals surface area contributed by atoms with Crippen molar-refractivity contribution in [2.24, 2.45) is 0 Å². The SMILES string of the molecule is CNCc1cc(Cl)c(O[C@H]2CCc3c(-c4cccc(OCCCN5CC[C@H](F)C5)c4C)cccc32)cc1OCc1cncc(C#N)c1. The number of ether oxygens (including phenoxy) is 3. The number of hydrogen-bond donors (Lipinski definition) is 1. The number of pyridine rings is 1. The van der Waals surface area contributed by atoms with E-state index < -0.39 is 6.17 Å². The first-order valence-electron chi connectivity index (χ1n) is 16.2. The molecular formula is C38H40ClFN4O3. The lowest BCUT2D eigenvalue weighted by Gasteiger charge is -2.20. The van der Waals surface area contributed by atoms with E-state index in [4.69, 9.17) is 25.8 Å². The van der Waals surface area contributed by atoms with Gasteiger partial charge < -0.3 is 24.4 Å². The summed E-state index contributed by atoms with van der Waals surface area (Å²) < 4.78 is 32.6. The average Bonchev–Trinajstić information content (AvgIpc) is 3.70. The van der Waals surface area contributed by atoms with Gasteiger partial charge in [0.1, 0.15) is 42.2 Å². The van der Waals surface area contributed by atoms with Gasteiger partial charge in [-0.2, -0.15) is 5.26 Å². The smallest absolute Gasteiger partial charge is 0.142 e. The highest BCUT2D eigenvalue weighted by Gasteiger charge is 2.28. The van der Waals surface area contributed by atoms with Crippen molar-refractivity contribution in [2.45, 2.75) is 58.0 Å². The van der Waals surface area contributed by atoms with Crippen LogP contribution in [0.15, 0.2) is 67.0 Å². The molecule has 2 aliphatic rings. The van der Waals surface area contributed by atoms with Gasteiger partial charge in [0.2, 0.25) is 0 Å². The van der Waals surface area contributed by atoms with Crippen molar-refractivity contribution in [2.75, 3.05) is 33.3 Å². The van der Waals surface area contributed by atoms with Gasteiger partial charge in [-0.1, -0.05) is 41.9 Å². The van der Waals surface area contributed by atoms with Crippen LogP contribution in [0.2, 0.25) is 5.02 Å². The Morgan fingerprint density at radius 2 is 1.89 bits per heavy atom. The summed E-state index contributed by atoms with van der Waals surface area (Å²) in [7, 11) is 1.87. The molecule has 9 heteroatoms. The summed E-state index contributed by atoms with van der Waals surface area (Å²) in [6.07, 6.45) is 5.59. The number of nitriles is 1. The molecule has 1 aromatic heterocycles. The number of hydrogen-bond acceptors (Lipinski definition) is 7. The molecule has 244 valence electrons. The molecule has 1 aliphatic carbocycles. The minimum Gasteiger partial charge on any atom is -0.493 e. The fraction of sp³-hybridized carbons (Fsp3) is 0.368. The van der Waals surface area contributed by atoms with E-state index in [1.54, 1.807) is 12.3 Å². The van der Waals surface area contributed by atoms with Crippen LogP contribution < -0.4 is 19.5 Å². The van der Waals surface area contributed by atoms with Crippen LogP contribution in [0.25, 0.3) is 11.1 Å². The van der Waals surface area contributed by atoms with Gasteiger partial charge in [-0.3, -0.25) is 4.98 Å². The van der Waals surface area contributed by atoms with E-state index in [0.29, 0.717) is 48.2 Å². The number of likely N-dealkylation sites (tertiary alicyclic amines) is 1. The van der Waals surface area contributed by atoms with E-state index in [1.807, 2.05) is 25.2 Å². The Kier molecular flexibility index (Phi) is 10.6. The standard InChI is InChI=1S/C38H40ClFN4O3/c1-25-30(6-4-9-35(25)45-15-5-13-44-14-12-29(40)23-44)31-7-3-8-33-32(31)10-11-36(33)47-38-18-37(28(22-42-2)17-34(38)39)46-24-27-16-26(19-41)20-43-21-27/h3-4,6-9,16-18,20-21,29,36,42H,5,10-15,22-24H2,1-2H3/t29-,36-/m0/s1. The van der Waals surface area contributed by atoms with E-state index >= 15 is 0 Å². The summed E-state index contributed by atoms with van der Waals surface area (Å²) >= 11 is 6.77. The third-order valence-corrected chi connectivity index (χ3v) is 9.25. The zero-order valence-corrected chi connectivity index (χ0v) is 27.7. The zero-order chi connectivity index (χ0) is 32.8. The fourth-order valence-electron chi connectivity index (χ4n) is 6.58. The first kappa shape index (κ1) is 32.8. The molecule has 0 spiro atoms. The molecule has 0 radical (unpaired) electrons. The van der Waals surface area contributed by atoms with Crippen molar-refractivity contribution < 1.29 is 18.6 Å². The number of rotatable bonds is 13. The maximum Gasteiger partial charge on any atom is 0.142 e. The lowest BCUT2D eigenvalue weighted by molar-refractivity contribution is 0.206. The van der Waals surface area contributed by atoms with Crippen LogP contribution in [0.1, 0.15) is 58.7 Å². The molecule has 7 nitrogen and oxygen atoms in total. The molecule has 3 aromatic carbocycles. The van der Waals surface area contributed by atoms with Gasteiger partial charge in [-0.15, -0.1) is 0 Å². The predicted octanol–water partition coefficient (Wildman–Crippen LogP) is 7.76. The number of halogens is 2. The van der Waals surface area contributed by atoms with Gasteiger partial charge in [0, 0.05) is 55.8 Å². The Balaban J connectivity index is 1.17. The summed E-state index contributed by atoms with van der Waals surface area (Å²) in [5.41, 5.74) is 8.08. The Bertz CT molecular complexity index is 1760. The molecule has 1 fully saturated rings. The van der Waals surface area contributed by atoms with E-state index in [0.717, 1.165) is 65.9 Å². The van der Waals surface area contributed by atoms with E-state index in [-0.39, 0.29) is 12.7 Å². The summed E-state index contributed by atoms with van der Waals surface area (Å²) in [6, 6.07) is 20.3. The highest BCUT2D eigenvalue weighted by atomic mass is 35.5. The molecule has 2 heterocycles. The third-order valence-electron chi connectivity index (χ3n) is 8.95. The fourth-order valence-corrected chi connectivity index (χ4v) is 6.81. The molecular weight excluding hydrogens is 615 g/mol. The van der Waals surface area contributed by atoms with Crippen LogP contribution in [0.3, 0.4) is 0 Å². The maximum absolute atomic E-state index is 13.5. The number of nitrogens with zero attached hydrogens (tertiary/aromatic N) is 3. The van der Waals surface area contributed by atoms with Gasteiger partial charge >= 0.3 is 0 Å². The highest BCUT2D eigenvalue weighted by Crippen LogP contribution is 2.44. The van der Waals surface area contributed by atoms with E-state index in [1.165, 1.54) is 17.3 Å². The number of fused-ring (bicyclic) bond motifs is 1. The van der Waals surface area contributed by atoms with Gasteiger partial charge in [-0.25, -0.2) is 4.39 Å². The quantitative estimate of drug-likeness (QED) is 0.148. The van der Waals surface area contributed by atoms with Gasteiger partial charge in [0.15, 0.2) is 0 Å². The van der Waals surface area contributed by atoms with Gasteiger partial charge in [-0.05, 0) is 85.7 Å². The second kappa shape index (κ2) is 15.2.